The highest BCUT2D eigenvalue weighted by Gasteiger charge is 2.27. The van der Waals surface area contributed by atoms with E-state index in [1.54, 1.807) is 0 Å². The molecule has 3 rings (SSSR count). The third-order valence-corrected chi connectivity index (χ3v) is 3.93. The lowest BCUT2D eigenvalue weighted by Crippen LogP contribution is -2.37. The van der Waals surface area contributed by atoms with Gasteiger partial charge < -0.3 is 10.6 Å². The maximum absolute atomic E-state index is 12.0. The molecule has 1 saturated carbocycles. The summed E-state index contributed by atoms with van der Waals surface area (Å²) in [5, 5.41) is 13.2. The summed E-state index contributed by atoms with van der Waals surface area (Å²) in [7, 11) is 1.87. The van der Waals surface area contributed by atoms with E-state index in [0.717, 1.165) is 11.4 Å². The van der Waals surface area contributed by atoms with E-state index in [4.69, 9.17) is 0 Å². The van der Waals surface area contributed by atoms with E-state index in [9.17, 15) is 4.79 Å². The number of carbonyl (C=O) groups is 1. The zero-order valence-corrected chi connectivity index (χ0v) is 12.9. The van der Waals surface area contributed by atoms with Crippen molar-refractivity contribution >= 4 is 5.91 Å². The summed E-state index contributed by atoms with van der Waals surface area (Å²) in [4.78, 5) is 16.6. The third-order valence-electron chi connectivity index (χ3n) is 3.93. The number of likely N-dealkylation sites (N-methyl/N-ethyl adjacent to an activating group) is 1. The number of aromatic amines is 1. The van der Waals surface area contributed by atoms with Crippen molar-refractivity contribution in [2.75, 3.05) is 13.6 Å². The van der Waals surface area contributed by atoms with E-state index in [1.165, 1.54) is 12.8 Å². The standard InChI is InChI=1S/C16H21N5O/c1-10(17-2)9-18-16(22)13-7-5-12(6-8-13)15-19-14(20-21-15)11-3-4-11/h5-8,10-11,17H,3-4,9H2,1-2H3,(H,18,22)(H,19,20,21). The fourth-order valence-corrected chi connectivity index (χ4v) is 2.16. The van der Waals surface area contributed by atoms with E-state index < -0.39 is 0 Å². The average molecular weight is 299 g/mol. The van der Waals surface area contributed by atoms with Crippen LogP contribution in [-0.4, -0.2) is 40.7 Å². The van der Waals surface area contributed by atoms with Gasteiger partial charge in [-0.1, -0.05) is 12.1 Å². The molecule has 0 spiro atoms. The zero-order valence-electron chi connectivity index (χ0n) is 12.9. The number of benzene rings is 1. The predicted molar refractivity (Wildman–Crippen MR) is 84.6 cm³/mol. The normalized spacial score (nSPS) is 15.5. The summed E-state index contributed by atoms with van der Waals surface area (Å²) in [6, 6.07) is 7.63. The Labute approximate surface area is 129 Å². The van der Waals surface area contributed by atoms with Gasteiger partial charge >= 0.3 is 0 Å². The van der Waals surface area contributed by atoms with Gasteiger partial charge in [0.05, 0.1) is 0 Å². The van der Waals surface area contributed by atoms with Crippen molar-refractivity contribution in [3.63, 3.8) is 0 Å². The molecule has 0 bridgehead atoms. The molecule has 0 radical (unpaired) electrons. The minimum Gasteiger partial charge on any atom is -0.350 e. The maximum Gasteiger partial charge on any atom is 0.251 e. The lowest BCUT2D eigenvalue weighted by atomic mass is 10.1. The molecule has 1 amide bonds. The number of carbonyl (C=O) groups excluding carboxylic acids is 1. The second-order valence-corrected chi connectivity index (χ2v) is 5.80. The van der Waals surface area contributed by atoms with Gasteiger partial charge in [-0.15, -0.1) is 0 Å². The highest BCUT2D eigenvalue weighted by Crippen LogP contribution is 2.38. The van der Waals surface area contributed by atoms with Crippen molar-refractivity contribution in [2.45, 2.75) is 31.7 Å². The molecule has 0 aliphatic heterocycles. The second kappa shape index (κ2) is 6.27. The van der Waals surface area contributed by atoms with Crippen LogP contribution in [0.5, 0.6) is 0 Å². The number of nitrogens with one attached hydrogen (secondary N) is 3. The quantitative estimate of drug-likeness (QED) is 0.758. The number of rotatable bonds is 6. The fraction of sp³-hybridized carbons (Fsp3) is 0.438. The van der Waals surface area contributed by atoms with Crippen molar-refractivity contribution in [1.29, 1.82) is 0 Å². The number of hydrogen-bond donors (Lipinski definition) is 3. The Morgan fingerprint density at radius 2 is 2.09 bits per heavy atom. The Kier molecular flexibility index (Phi) is 4.20. The van der Waals surface area contributed by atoms with E-state index in [2.05, 4.69) is 25.8 Å². The molecule has 6 nitrogen and oxygen atoms in total. The van der Waals surface area contributed by atoms with Gasteiger partial charge in [-0.25, -0.2) is 4.98 Å². The van der Waals surface area contributed by atoms with E-state index in [0.29, 0.717) is 23.9 Å². The van der Waals surface area contributed by atoms with Crippen molar-refractivity contribution in [3.05, 3.63) is 35.7 Å². The van der Waals surface area contributed by atoms with Crippen LogP contribution < -0.4 is 10.6 Å². The van der Waals surface area contributed by atoms with Crippen molar-refractivity contribution in [2.24, 2.45) is 0 Å². The molecule has 1 unspecified atom stereocenters. The molecule has 2 aromatic rings. The lowest BCUT2D eigenvalue weighted by Gasteiger charge is -2.11. The second-order valence-electron chi connectivity index (χ2n) is 5.80. The van der Waals surface area contributed by atoms with Gasteiger partial charge in [-0.3, -0.25) is 9.89 Å². The zero-order chi connectivity index (χ0) is 15.5. The molecular formula is C16H21N5O. The Balaban J connectivity index is 1.65. The summed E-state index contributed by atoms with van der Waals surface area (Å²) in [6.07, 6.45) is 2.39. The first-order chi connectivity index (χ1) is 10.7. The van der Waals surface area contributed by atoms with Gasteiger partial charge in [0.1, 0.15) is 5.82 Å². The Hall–Kier alpha value is -2.21. The van der Waals surface area contributed by atoms with Crippen LogP contribution in [0.25, 0.3) is 11.4 Å². The van der Waals surface area contributed by atoms with E-state index in [1.807, 2.05) is 38.2 Å². The van der Waals surface area contributed by atoms with Crippen LogP contribution in [0.15, 0.2) is 24.3 Å². The van der Waals surface area contributed by atoms with Gasteiger partial charge in [0.15, 0.2) is 5.82 Å². The first-order valence-electron chi connectivity index (χ1n) is 7.65. The van der Waals surface area contributed by atoms with Crippen LogP contribution in [0.1, 0.15) is 41.9 Å². The molecule has 1 aliphatic carbocycles. The first kappa shape index (κ1) is 14.7. The van der Waals surface area contributed by atoms with Gasteiger partial charge in [-0.05, 0) is 38.9 Å². The molecule has 1 aliphatic rings. The van der Waals surface area contributed by atoms with Crippen molar-refractivity contribution < 1.29 is 4.79 Å². The molecule has 1 atom stereocenters. The van der Waals surface area contributed by atoms with Gasteiger partial charge in [-0.2, -0.15) is 5.10 Å². The minimum atomic E-state index is -0.0673. The molecule has 22 heavy (non-hydrogen) atoms. The summed E-state index contributed by atoms with van der Waals surface area (Å²) in [5.41, 5.74) is 1.56. The number of hydrogen-bond acceptors (Lipinski definition) is 4. The van der Waals surface area contributed by atoms with Crippen LogP contribution in [0.4, 0.5) is 0 Å². The largest absolute Gasteiger partial charge is 0.350 e. The number of H-pyrrole nitrogens is 1. The number of nitrogens with zero attached hydrogens (tertiary/aromatic N) is 2. The van der Waals surface area contributed by atoms with Gasteiger partial charge in [0.25, 0.3) is 5.91 Å². The molecule has 6 heteroatoms. The summed E-state index contributed by atoms with van der Waals surface area (Å²) >= 11 is 0. The average Bonchev–Trinajstić information content (AvgIpc) is 3.29. The minimum absolute atomic E-state index is 0.0673. The monoisotopic (exact) mass is 299 g/mol. The van der Waals surface area contributed by atoms with E-state index in [-0.39, 0.29) is 11.9 Å². The summed E-state index contributed by atoms with van der Waals surface area (Å²) < 4.78 is 0. The highest BCUT2D eigenvalue weighted by atomic mass is 16.1. The van der Waals surface area contributed by atoms with Gasteiger partial charge in [0.2, 0.25) is 0 Å². The van der Waals surface area contributed by atoms with Crippen molar-refractivity contribution in [3.8, 4) is 11.4 Å². The lowest BCUT2D eigenvalue weighted by molar-refractivity contribution is 0.0950. The Bertz CT molecular complexity index is 645. The molecule has 116 valence electrons. The van der Waals surface area contributed by atoms with Crippen LogP contribution in [0.3, 0.4) is 0 Å². The van der Waals surface area contributed by atoms with Crippen LogP contribution >= 0.6 is 0 Å². The van der Waals surface area contributed by atoms with E-state index >= 15 is 0 Å². The number of aromatic nitrogens is 3. The molecule has 1 aromatic carbocycles. The molecule has 1 heterocycles. The molecule has 1 aromatic heterocycles. The fourth-order valence-electron chi connectivity index (χ4n) is 2.16. The summed E-state index contributed by atoms with van der Waals surface area (Å²) in [6.45, 7) is 2.62. The molecule has 0 saturated heterocycles. The number of amides is 1. The molecular weight excluding hydrogens is 278 g/mol. The Morgan fingerprint density at radius 3 is 2.73 bits per heavy atom. The SMILES string of the molecule is CNC(C)CNC(=O)c1ccc(-c2n[nH]c(C3CC3)n2)cc1. The molecule has 3 N–H and O–H groups in total. The topological polar surface area (TPSA) is 82.7 Å². The maximum atomic E-state index is 12.0. The van der Waals surface area contributed by atoms with Crippen LogP contribution in [0.2, 0.25) is 0 Å². The smallest absolute Gasteiger partial charge is 0.251 e. The van der Waals surface area contributed by atoms with Crippen LogP contribution in [0, 0.1) is 0 Å². The van der Waals surface area contributed by atoms with Crippen LogP contribution in [-0.2, 0) is 0 Å². The summed E-state index contributed by atoms with van der Waals surface area (Å²) in [5.74, 6) is 2.15. The highest BCUT2D eigenvalue weighted by molar-refractivity contribution is 5.94. The van der Waals surface area contributed by atoms with Crippen molar-refractivity contribution in [1.82, 2.24) is 25.8 Å². The predicted octanol–water partition coefficient (Wildman–Crippen LogP) is 1.69. The molecule has 1 fully saturated rings. The van der Waals surface area contributed by atoms with Gasteiger partial charge in [0, 0.05) is 29.6 Å². The Morgan fingerprint density at radius 1 is 1.36 bits per heavy atom. The third kappa shape index (κ3) is 3.33. The first-order valence-corrected chi connectivity index (χ1v) is 7.65.